The molecule has 2 rings (SSSR count). The van der Waals surface area contributed by atoms with Gasteiger partial charge in [-0.3, -0.25) is 4.79 Å². The first-order chi connectivity index (χ1) is 10.6. The summed E-state index contributed by atoms with van der Waals surface area (Å²) in [5, 5.41) is 19.9. The lowest BCUT2D eigenvalue weighted by molar-refractivity contribution is -0.253. The monoisotopic (exact) mass is 331 g/mol. The molecule has 1 heterocycles. The number of hydrogen-bond acceptors (Lipinski definition) is 3. The lowest BCUT2D eigenvalue weighted by atomic mass is 9.95. The Morgan fingerprint density at radius 2 is 1.91 bits per heavy atom. The zero-order valence-electron chi connectivity index (χ0n) is 12.8. The molecule has 7 heteroatoms. The van der Waals surface area contributed by atoms with E-state index in [1.807, 2.05) is 30.3 Å². The molecule has 0 spiro atoms. The third-order valence-corrected chi connectivity index (χ3v) is 4.27. The van der Waals surface area contributed by atoms with Crippen LogP contribution in [-0.2, 0) is 11.2 Å². The molecule has 1 aliphatic rings. The summed E-state index contributed by atoms with van der Waals surface area (Å²) in [5.74, 6) is -0.784. The highest BCUT2D eigenvalue weighted by atomic mass is 19.4. The van der Waals surface area contributed by atoms with Crippen molar-refractivity contribution in [2.75, 3.05) is 13.1 Å². The first-order valence-electron chi connectivity index (χ1n) is 7.40. The zero-order valence-corrected chi connectivity index (χ0v) is 12.8. The van der Waals surface area contributed by atoms with E-state index in [4.69, 9.17) is 0 Å². The molecular weight excluding hydrogens is 311 g/mol. The number of rotatable bonds is 4. The Morgan fingerprint density at radius 3 is 2.43 bits per heavy atom. The van der Waals surface area contributed by atoms with E-state index in [-0.39, 0.29) is 13.0 Å². The molecule has 2 atom stereocenters. The second kappa shape index (κ2) is 6.13. The van der Waals surface area contributed by atoms with Crippen molar-refractivity contribution in [3.63, 3.8) is 0 Å². The summed E-state index contributed by atoms with van der Waals surface area (Å²) < 4.78 is 38.4. The van der Waals surface area contributed by atoms with Gasteiger partial charge in [0.1, 0.15) is 5.60 Å². The third-order valence-electron chi connectivity index (χ3n) is 4.27. The topological polar surface area (TPSA) is 60.8 Å². The number of aliphatic hydroxyl groups is 2. The zero-order chi connectivity index (χ0) is 17.3. The maximum absolute atomic E-state index is 12.8. The van der Waals surface area contributed by atoms with Crippen LogP contribution >= 0.6 is 0 Å². The number of carbonyl (C=O) groups is 1. The molecule has 0 radical (unpaired) electrons. The van der Waals surface area contributed by atoms with Crippen molar-refractivity contribution in [3.05, 3.63) is 35.9 Å². The van der Waals surface area contributed by atoms with Crippen LogP contribution in [0.25, 0.3) is 0 Å². The van der Waals surface area contributed by atoms with Crippen molar-refractivity contribution in [1.82, 2.24) is 4.90 Å². The maximum atomic E-state index is 12.8. The fourth-order valence-corrected chi connectivity index (χ4v) is 2.68. The summed E-state index contributed by atoms with van der Waals surface area (Å²) in [4.78, 5) is 13.2. The van der Waals surface area contributed by atoms with E-state index in [0.29, 0.717) is 6.42 Å². The Hall–Kier alpha value is -1.60. The lowest BCUT2D eigenvalue weighted by Crippen LogP contribution is -2.51. The summed E-state index contributed by atoms with van der Waals surface area (Å²) in [6.45, 7) is 0.233. The number of hydrogen-bond donors (Lipinski definition) is 2. The van der Waals surface area contributed by atoms with E-state index in [9.17, 15) is 28.2 Å². The molecule has 4 nitrogen and oxygen atoms in total. The summed E-state index contributed by atoms with van der Waals surface area (Å²) in [6.07, 6.45) is -4.84. The number of aryl methyl sites for hydroxylation is 1. The predicted molar refractivity (Wildman–Crippen MR) is 77.6 cm³/mol. The summed E-state index contributed by atoms with van der Waals surface area (Å²) in [5.41, 5.74) is -3.74. The summed E-state index contributed by atoms with van der Waals surface area (Å²) in [7, 11) is 0. The van der Waals surface area contributed by atoms with Crippen LogP contribution in [0.2, 0.25) is 0 Å². The molecular formula is C16H20F3NO3. The Morgan fingerprint density at radius 1 is 1.30 bits per heavy atom. The Bertz CT molecular complexity index is 559. The number of halogens is 3. The van der Waals surface area contributed by atoms with Crippen molar-refractivity contribution >= 4 is 5.91 Å². The molecule has 1 fully saturated rings. The molecule has 0 aliphatic carbocycles. The quantitative estimate of drug-likeness (QED) is 0.886. The van der Waals surface area contributed by atoms with Crippen molar-refractivity contribution in [3.8, 4) is 0 Å². The predicted octanol–water partition coefficient (Wildman–Crippen LogP) is 1.90. The van der Waals surface area contributed by atoms with Gasteiger partial charge < -0.3 is 15.1 Å². The van der Waals surface area contributed by atoms with E-state index >= 15 is 0 Å². The fraction of sp³-hybridized carbons (Fsp3) is 0.562. The van der Waals surface area contributed by atoms with Crippen molar-refractivity contribution < 1.29 is 28.2 Å². The van der Waals surface area contributed by atoms with Crippen LogP contribution in [0.5, 0.6) is 0 Å². The highest BCUT2D eigenvalue weighted by Gasteiger charge is 2.58. The molecule has 23 heavy (non-hydrogen) atoms. The SMILES string of the molecule is C[C@](O)(CCc1ccccc1)C(=O)N1CC[C@](O)(C(F)(F)F)C1. The van der Waals surface area contributed by atoms with Crippen LogP contribution in [0.15, 0.2) is 30.3 Å². The lowest BCUT2D eigenvalue weighted by Gasteiger charge is -2.30. The molecule has 0 saturated carbocycles. The van der Waals surface area contributed by atoms with Gasteiger partial charge in [0.2, 0.25) is 0 Å². The fourth-order valence-electron chi connectivity index (χ4n) is 2.68. The molecule has 128 valence electrons. The van der Waals surface area contributed by atoms with Gasteiger partial charge in [-0.25, -0.2) is 0 Å². The van der Waals surface area contributed by atoms with Gasteiger partial charge in [-0.05, 0) is 25.3 Å². The smallest absolute Gasteiger partial charge is 0.380 e. The Balaban J connectivity index is 1.99. The number of amides is 1. The van der Waals surface area contributed by atoms with Crippen molar-refractivity contribution in [2.45, 2.75) is 43.6 Å². The highest BCUT2D eigenvalue weighted by molar-refractivity contribution is 5.85. The minimum Gasteiger partial charge on any atom is -0.380 e. The number of carbonyl (C=O) groups excluding carboxylic acids is 1. The van der Waals surface area contributed by atoms with Gasteiger partial charge in [0.25, 0.3) is 5.91 Å². The van der Waals surface area contributed by atoms with Gasteiger partial charge in [-0.2, -0.15) is 13.2 Å². The number of nitrogens with zero attached hydrogens (tertiary/aromatic N) is 1. The van der Waals surface area contributed by atoms with Crippen LogP contribution in [0.4, 0.5) is 13.2 Å². The van der Waals surface area contributed by atoms with Crippen molar-refractivity contribution in [1.29, 1.82) is 0 Å². The van der Waals surface area contributed by atoms with Crippen LogP contribution in [0.3, 0.4) is 0 Å². The van der Waals surface area contributed by atoms with E-state index in [2.05, 4.69) is 0 Å². The molecule has 1 saturated heterocycles. The largest absolute Gasteiger partial charge is 0.419 e. The standard InChI is InChI=1S/C16H20F3NO3/c1-14(22,8-7-12-5-3-2-4-6-12)13(21)20-10-9-15(23,11-20)16(17,18)19/h2-6,22-23H,7-11H2,1H3/t14-,15+/m0/s1. The molecule has 1 aromatic carbocycles. The first-order valence-corrected chi connectivity index (χ1v) is 7.40. The molecule has 1 aromatic rings. The van der Waals surface area contributed by atoms with E-state index in [0.717, 1.165) is 10.5 Å². The minimum atomic E-state index is -4.79. The van der Waals surface area contributed by atoms with Crippen LogP contribution in [0, 0.1) is 0 Å². The second-order valence-electron chi connectivity index (χ2n) is 6.27. The molecule has 1 amide bonds. The van der Waals surface area contributed by atoms with Crippen LogP contribution in [-0.4, -0.2) is 51.5 Å². The summed E-state index contributed by atoms with van der Waals surface area (Å²) in [6, 6.07) is 9.19. The van der Waals surface area contributed by atoms with Crippen LogP contribution < -0.4 is 0 Å². The summed E-state index contributed by atoms with van der Waals surface area (Å²) >= 11 is 0. The van der Waals surface area contributed by atoms with Gasteiger partial charge in [0, 0.05) is 13.0 Å². The van der Waals surface area contributed by atoms with Gasteiger partial charge in [-0.1, -0.05) is 30.3 Å². The van der Waals surface area contributed by atoms with E-state index in [1.165, 1.54) is 6.92 Å². The maximum Gasteiger partial charge on any atom is 0.419 e. The average molecular weight is 331 g/mol. The molecule has 0 unspecified atom stereocenters. The van der Waals surface area contributed by atoms with Gasteiger partial charge in [-0.15, -0.1) is 0 Å². The minimum absolute atomic E-state index is 0.0940. The number of benzene rings is 1. The van der Waals surface area contributed by atoms with Gasteiger partial charge in [0.15, 0.2) is 5.60 Å². The number of alkyl halides is 3. The van der Waals surface area contributed by atoms with Gasteiger partial charge >= 0.3 is 6.18 Å². The highest BCUT2D eigenvalue weighted by Crippen LogP contribution is 2.38. The van der Waals surface area contributed by atoms with E-state index < -0.39 is 36.3 Å². The Kier molecular flexibility index (Phi) is 4.73. The molecule has 1 aliphatic heterocycles. The number of β-amino-alcohol motifs (C(OH)–C–C–N with tert-alkyl or cyclic N) is 1. The average Bonchev–Trinajstić information content (AvgIpc) is 2.89. The first kappa shape index (κ1) is 17.7. The third kappa shape index (κ3) is 3.84. The molecule has 2 N–H and O–H groups in total. The van der Waals surface area contributed by atoms with Crippen LogP contribution in [0.1, 0.15) is 25.3 Å². The molecule has 0 bridgehead atoms. The van der Waals surface area contributed by atoms with E-state index in [1.54, 1.807) is 0 Å². The normalized spacial score (nSPS) is 24.5. The Labute approximate surface area is 132 Å². The van der Waals surface area contributed by atoms with Gasteiger partial charge in [0.05, 0.1) is 6.54 Å². The number of likely N-dealkylation sites (tertiary alicyclic amines) is 1. The molecule has 0 aromatic heterocycles. The van der Waals surface area contributed by atoms with Crippen molar-refractivity contribution in [2.24, 2.45) is 0 Å². The second-order valence-corrected chi connectivity index (χ2v) is 6.27.